The number of rotatable bonds is 2. The third kappa shape index (κ3) is 2.54. The van der Waals surface area contributed by atoms with Crippen LogP contribution in [0.3, 0.4) is 0 Å². The van der Waals surface area contributed by atoms with Crippen molar-refractivity contribution in [3.8, 4) is 0 Å². The van der Waals surface area contributed by atoms with Crippen molar-refractivity contribution in [1.29, 1.82) is 0 Å². The third-order valence-electron chi connectivity index (χ3n) is 3.87. The fourth-order valence-electron chi connectivity index (χ4n) is 2.84. The molecule has 0 spiro atoms. The molecule has 1 unspecified atom stereocenters. The average molecular weight is 247 g/mol. The van der Waals surface area contributed by atoms with E-state index in [0.717, 1.165) is 50.5 Å². The van der Waals surface area contributed by atoms with Crippen LogP contribution in [0.5, 0.6) is 0 Å². The Morgan fingerprint density at radius 1 is 1.33 bits per heavy atom. The monoisotopic (exact) mass is 247 g/mol. The first kappa shape index (κ1) is 12.1. The van der Waals surface area contributed by atoms with Crippen LogP contribution >= 0.6 is 0 Å². The van der Waals surface area contributed by atoms with Gasteiger partial charge in [0.1, 0.15) is 5.82 Å². The van der Waals surface area contributed by atoms with E-state index in [4.69, 9.17) is 9.72 Å². The van der Waals surface area contributed by atoms with Gasteiger partial charge in [0.2, 0.25) is 0 Å². The molecule has 0 aliphatic carbocycles. The molecule has 0 radical (unpaired) electrons. The van der Waals surface area contributed by atoms with E-state index in [0.29, 0.717) is 6.10 Å². The second-order valence-electron chi connectivity index (χ2n) is 5.27. The minimum absolute atomic E-state index is 0.331. The van der Waals surface area contributed by atoms with Crippen LogP contribution in [0.1, 0.15) is 42.0 Å². The Balaban J connectivity index is 1.77. The summed E-state index contributed by atoms with van der Waals surface area (Å²) < 4.78 is 5.77. The standard InChI is InChI=1S/C14H21N3O/c1-10-12-9-15-6-5-13(12)17-14(16-10)8-11-4-2-3-7-18-11/h11,15H,2-9H2,1H3. The molecule has 1 N–H and O–H groups in total. The van der Waals surface area contributed by atoms with Crippen LogP contribution in [0.15, 0.2) is 0 Å². The minimum Gasteiger partial charge on any atom is -0.378 e. The molecule has 4 heteroatoms. The van der Waals surface area contributed by atoms with Crippen molar-refractivity contribution in [2.45, 2.75) is 51.7 Å². The van der Waals surface area contributed by atoms with E-state index in [1.807, 2.05) is 0 Å². The van der Waals surface area contributed by atoms with Crippen molar-refractivity contribution in [2.24, 2.45) is 0 Å². The maximum absolute atomic E-state index is 5.77. The SMILES string of the molecule is Cc1nc(CC2CCCCO2)nc2c1CNCC2. The highest BCUT2D eigenvalue weighted by molar-refractivity contribution is 5.27. The van der Waals surface area contributed by atoms with Gasteiger partial charge in [-0.1, -0.05) is 0 Å². The fraction of sp³-hybridized carbons (Fsp3) is 0.714. The Hall–Kier alpha value is -1.00. The Bertz CT molecular complexity index is 427. The van der Waals surface area contributed by atoms with Crippen LogP contribution in [-0.4, -0.2) is 29.2 Å². The van der Waals surface area contributed by atoms with Crippen molar-refractivity contribution in [3.63, 3.8) is 0 Å². The normalized spacial score (nSPS) is 23.7. The summed E-state index contributed by atoms with van der Waals surface area (Å²) in [5.74, 6) is 0.972. The molecule has 0 saturated carbocycles. The molecule has 3 heterocycles. The van der Waals surface area contributed by atoms with Crippen molar-refractivity contribution in [2.75, 3.05) is 13.2 Å². The predicted octanol–water partition coefficient (Wildman–Crippen LogP) is 1.54. The highest BCUT2D eigenvalue weighted by atomic mass is 16.5. The van der Waals surface area contributed by atoms with Gasteiger partial charge in [-0.3, -0.25) is 0 Å². The van der Waals surface area contributed by atoms with E-state index >= 15 is 0 Å². The number of nitrogens with zero attached hydrogens (tertiary/aromatic N) is 2. The Morgan fingerprint density at radius 3 is 3.11 bits per heavy atom. The van der Waals surface area contributed by atoms with Gasteiger partial charge in [-0.05, 0) is 26.2 Å². The molecule has 0 aromatic carbocycles. The van der Waals surface area contributed by atoms with E-state index in [-0.39, 0.29) is 0 Å². The summed E-state index contributed by atoms with van der Waals surface area (Å²) >= 11 is 0. The van der Waals surface area contributed by atoms with Gasteiger partial charge < -0.3 is 10.1 Å². The molecule has 1 fully saturated rings. The molecule has 3 rings (SSSR count). The number of aryl methyl sites for hydroxylation is 1. The van der Waals surface area contributed by atoms with Gasteiger partial charge in [-0.25, -0.2) is 9.97 Å². The van der Waals surface area contributed by atoms with Crippen LogP contribution in [0, 0.1) is 6.92 Å². The number of hydrogen-bond acceptors (Lipinski definition) is 4. The molecule has 1 aromatic rings. The number of nitrogens with one attached hydrogen (secondary N) is 1. The summed E-state index contributed by atoms with van der Waals surface area (Å²) in [6, 6.07) is 0. The van der Waals surface area contributed by atoms with Crippen molar-refractivity contribution >= 4 is 0 Å². The molecule has 0 amide bonds. The van der Waals surface area contributed by atoms with Gasteiger partial charge in [0.25, 0.3) is 0 Å². The maximum Gasteiger partial charge on any atom is 0.131 e. The van der Waals surface area contributed by atoms with Crippen LogP contribution in [0.4, 0.5) is 0 Å². The molecule has 98 valence electrons. The van der Waals surface area contributed by atoms with Gasteiger partial charge in [0, 0.05) is 43.8 Å². The topological polar surface area (TPSA) is 47.0 Å². The first-order valence-electron chi connectivity index (χ1n) is 7.00. The van der Waals surface area contributed by atoms with Crippen LogP contribution in [0.25, 0.3) is 0 Å². The highest BCUT2D eigenvalue weighted by Gasteiger charge is 2.19. The molecule has 0 bridgehead atoms. The molecule has 2 aliphatic rings. The summed E-state index contributed by atoms with van der Waals surface area (Å²) in [6.07, 6.45) is 5.86. The van der Waals surface area contributed by atoms with Crippen molar-refractivity contribution in [1.82, 2.24) is 15.3 Å². The Labute approximate surface area is 108 Å². The van der Waals surface area contributed by atoms with Gasteiger partial charge >= 0.3 is 0 Å². The third-order valence-corrected chi connectivity index (χ3v) is 3.87. The van der Waals surface area contributed by atoms with Gasteiger partial charge in [-0.15, -0.1) is 0 Å². The quantitative estimate of drug-likeness (QED) is 0.861. The molecular formula is C14H21N3O. The van der Waals surface area contributed by atoms with Gasteiger partial charge in [0.05, 0.1) is 11.8 Å². The molecular weight excluding hydrogens is 226 g/mol. The number of aromatic nitrogens is 2. The Kier molecular flexibility index (Phi) is 3.57. The lowest BCUT2D eigenvalue weighted by Crippen LogP contribution is -2.28. The summed E-state index contributed by atoms with van der Waals surface area (Å²) in [6.45, 7) is 4.95. The van der Waals surface area contributed by atoms with Crippen LogP contribution < -0.4 is 5.32 Å². The molecule has 18 heavy (non-hydrogen) atoms. The van der Waals surface area contributed by atoms with E-state index in [1.54, 1.807) is 0 Å². The smallest absolute Gasteiger partial charge is 0.131 e. The Morgan fingerprint density at radius 2 is 2.28 bits per heavy atom. The zero-order valence-electron chi connectivity index (χ0n) is 11.0. The predicted molar refractivity (Wildman–Crippen MR) is 69.5 cm³/mol. The minimum atomic E-state index is 0.331. The lowest BCUT2D eigenvalue weighted by atomic mass is 10.0. The lowest BCUT2D eigenvalue weighted by Gasteiger charge is -2.23. The summed E-state index contributed by atoms with van der Waals surface area (Å²) in [5, 5.41) is 3.38. The second-order valence-corrected chi connectivity index (χ2v) is 5.27. The lowest BCUT2D eigenvalue weighted by molar-refractivity contribution is 0.0156. The maximum atomic E-state index is 5.77. The molecule has 1 atom stereocenters. The number of fused-ring (bicyclic) bond motifs is 1. The van der Waals surface area contributed by atoms with Crippen LogP contribution in [0.2, 0.25) is 0 Å². The number of hydrogen-bond donors (Lipinski definition) is 1. The zero-order valence-corrected chi connectivity index (χ0v) is 11.0. The molecule has 4 nitrogen and oxygen atoms in total. The molecule has 1 aromatic heterocycles. The average Bonchev–Trinajstić information content (AvgIpc) is 2.40. The number of ether oxygens (including phenoxy) is 1. The van der Waals surface area contributed by atoms with E-state index < -0.39 is 0 Å². The largest absolute Gasteiger partial charge is 0.378 e. The van der Waals surface area contributed by atoms with Crippen molar-refractivity contribution < 1.29 is 4.74 Å². The zero-order chi connectivity index (χ0) is 12.4. The second kappa shape index (κ2) is 5.33. The first-order valence-corrected chi connectivity index (χ1v) is 7.00. The van der Waals surface area contributed by atoms with Crippen LogP contribution in [-0.2, 0) is 24.1 Å². The van der Waals surface area contributed by atoms with Crippen molar-refractivity contribution in [3.05, 3.63) is 22.8 Å². The van der Waals surface area contributed by atoms with Gasteiger partial charge in [0.15, 0.2) is 0 Å². The van der Waals surface area contributed by atoms with E-state index in [2.05, 4.69) is 17.2 Å². The summed E-state index contributed by atoms with van der Waals surface area (Å²) in [5.41, 5.74) is 3.68. The summed E-state index contributed by atoms with van der Waals surface area (Å²) in [7, 11) is 0. The first-order chi connectivity index (χ1) is 8.83. The molecule has 2 aliphatic heterocycles. The van der Waals surface area contributed by atoms with Gasteiger partial charge in [-0.2, -0.15) is 0 Å². The highest BCUT2D eigenvalue weighted by Crippen LogP contribution is 2.19. The molecule has 1 saturated heterocycles. The summed E-state index contributed by atoms with van der Waals surface area (Å²) in [4.78, 5) is 9.39. The van der Waals surface area contributed by atoms with E-state index in [9.17, 15) is 0 Å². The fourth-order valence-corrected chi connectivity index (χ4v) is 2.84. The van der Waals surface area contributed by atoms with E-state index in [1.165, 1.54) is 24.1 Å².